The predicted octanol–water partition coefficient (Wildman–Crippen LogP) is 3.56. The summed E-state index contributed by atoms with van der Waals surface area (Å²) in [5.41, 5.74) is 7.39. The Hall–Kier alpha value is -1.68. The number of phenolic OH excluding ortho intramolecular Hbond substituents is 1. The van der Waals surface area contributed by atoms with Crippen molar-refractivity contribution < 1.29 is 9.84 Å². The van der Waals surface area contributed by atoms with Crippen molar-refractivity contribution in [2.45, 2.75) is 52.1 Å². The molecule has 0 fully saturated rings. The topological polar surface area (TPSA) is 32.7 Å². The third-order valence-electron chi connectivity index (χ3n) is 6.07. The first-order valence-corrected chi connectivity index (χ1v) is 9.60. The molecule has 0 bridgehead atoms. The number of hydrogen-bond acceptors (Lipinski definition) is 3. The highest BCUT2D eigenvalue weighted by molar-refractivity contribution is 6.55. The molecular weight excluding hydrogens is 309 g/mol. The number of hydrogen-bond donors (Lipinski definition) is 1. The second-order valence-electron chi connectivity index (χ2n) is 8.17. The van der Waals surface area contributed by atoms with Gasteiger partial charge in [-0.25, -0.2) is 0 Å². The zero-order valence-corrected chi connectivity index (χ0v) is 15.6. The molecule has 3 aliphatic rings. The minimum absolute atomic E-state index is 0.258. The van der Waals surface area contributed by atoms with Crippen molar-refractivity contribution in [3.8, 4) is 11.5 Å². The first-order chi connectivity index (χ1) is 12.1. The van der Waals surface area contributed by atoms with Crippen LogP contribution in [0.4, 0.5) is 0 Å². The maximum atomic E-state index is 10.1. The highest BCUT2D eigenvalue weighted by Crippen LogP contribution is 2.42. The van der Waals surface area contributed by atoms with Gasteiger partial charge in [0.2, 0.25) is 0 Å². The van der Waals surface area contributed by atoms with Crippen LogP contribution in [0.15, 0.2) is 34.7 Å². The van der Waals surface area contributed by atoms with Crippen LogP contribution >= 0.6 is 0 Å². The molecular formula is C21H28BNO2. The van der Waals surface area contributed by atoms with Gasteiger partial charge in [-0.3, -0.25) is 4.90 Å². The van der Waals surface area contributed by atoms with Crippen molar-refractivity contribution in [3.05, 3.63) is 45.9 Å². The first-order valence-electron chi connectivity index (χ1n) is 9.60. The Labute approximate surface area is 151 Å². The molecule has 0 radical (unpaired) electrons. The van der Waals surface area contributed by atoms with E-state index in [1.807, 2.05) is 0 Å². The zero-order chi connectivity index (χ0) is 17.6. The summed E-state index contributed by atoms with van der Waals surface area (Å²) < 4.78 is 5.48. The second kappa shape index (κ2) is 6.56. The van der Waals surface area contributed by atoms with Crippen molar-refractivity contribution in [2.75, 3.05) is 13.7 Å². The van der Waals surface area contributed by atoms with E-state index in [-0.39, 0.29) is 5.75 Å². The standard InChI is InChI=1S/C21H28BNO2/c1-13(2)4-6-15-11-16-18(22-15)8-9-23-12-17-14(10-19(16)23)5-7-20(24)21(17)25-3/h5,7,11,13,19,22,24H,4,6,8-10,12H2,1-3H3. The number of rotatable bonds is 4. The van der Waals surface area contributed by atoms with Crippen LogP contribution < -0.4 is 4.74 Å². The molecule has 1 aromatic carbocycles. The quantitative estimate of drug-likeness (QED) is 0.853. The fourth-order valence-corrected chi connectivity index (χ4v) is 4.67. The normalized spacial score (nSPS) is 22.2. The monoisotopic (exact) mass is 337 g/mol. The van der Waals surface area contributed by atoms with Gasteiger partial charge in [-0.15, -0.1) is 0 Å². The van der Waals surface area contributed by atoms with Gasteiger partial charge in [-0.1, -0.05) is 36.9 Å². The van der Waals surface area contributed by atoms with Crippen LogP contribution in [-0.4, -0.2) is 37.0 Å². The van der Waals surface area contributed by atoms with Crippen LogP contribution in [0.5, 0.6) is 11.5 Å². The molecule has 1 N–H and O–H groups in total. The molecule has 1 aromatic rings. The summed E-state index contributed by atoms with van der Waals surface area (Å²) in [7, 11) is 2.86. The lowest BCUT2D eigenvalue weighted by Gasteiger charge is -2.41. The number of phenols is 1. The van der Waals surface area contributed by atoms with E-state index in [2.05, 4.69) is 30.9 Å². The molecule has 3 aliphatic heterocycles. The highest BCUT2D eigenvalue weighted by atomic mass is 16.5. The molecule has 0 saturated carbocycles. The molecule has 4 rings (SSSR count). The minimum atomic E-state index is 0.258. The van der Waals surface area contributed by atoms with E-state index in [0.29, 0.717) is 11.8 Å². The third-order valence-corrected chi connectivity index (χ3v) is 6.07. The number of fused-ring (bicyclic) bond motifs is 3. The Bertz CT molecular complexity index is 751. The Morgan fingerprint density at radius 1 is 1.36 bits per heavy atom. The van der Waals surface area contributed by atoms with E-state index in [4.69, 9.17) is 4.74 Å². The van der Waals surface area contributed by atoms with Crippen LogP contribution in [0.2, 0.25) is 0 Å². The van der Waals surface area contributed by atoms with Gasteiger partial charge < -0.3 is 9.84 Å². The van der Waals surface area contributed by atoms with E-state index in [9.17, 15) is 5.11 Å². The molecule has 3 heterocycles. The van der Waals surface area contributed by atoms with Crippen LogP contribution in [0, 0.1) is 5.92 Å². The van der Waals surface area contributed by atoms with Gasteiger partial charge in [0, 0.05) is 24.7 Å². The molecule has 0 aromatic heterocycles. The molecule has 1 unspecified atom stereocenters. The van der Waals surface area contributed by atoms with Crippen LogP contribution in [-0.2, 0) is 13.0 Å². The fourth-order valence-electron chi connectivity index (χ4n) is 4.67. The zero-order valence-electron chi connectivity index (χ0n) is 15.6. The average Bonchev–Trinajstić information content (AvgIpc) is 3.02. The summed E-state index contributed by atoms with van der Waals surface area (Å²) >= 11 is 0. The first kappa shape index (κ1) is 16.8. The van der Waals surface area contributed by atoms with Crippen LogP contribution in [0.3, 0.4) is 0 Å². The Balaban J connectivity index is 1.60. The summed E-state index contributed by atoms with van der Waals surface area (Å²) in [6.45, 7) is 6.62. The molecule has 0 amide bonds. The van der Waals surface area contributed by atoms with E-state index in [1.54, 1.807) is 29.7 Å². The summed E-state index contributed by atoms with van der Waals surface area (Å²) in [4.78, 5) is 2.57. The Morgan fingerprint density at radius 3 is 2.96 bits per heavy atom. The Morgan fingerprint density at radius 2 is 2.20 bits per heavy atom. The van der Waals surface area contributed by atoms with E-state index in [0.717, 1.165) is 25.4 Å². The Kier molecular flexibility index (Phi) is 4.41. The van der Waals surface area contributed by atoms with Gasteiger partial charge in [0.05, 0.1) is 7.11 Å². The van der Waals surface area contributed by atoms with Gasteiger partial charge in [-0.2, -0.15) is 0 Å². The van der Waals surface area contributed by atoms with E-state index < -0.39 is 0 Å². The lowest BCUT2D eigenvalue weighted by atomic mass is 9.62. The van der Waals surface area contributed by atoms with Crippen molar-refractivity contribution >= 4 is 7.28 Å². The number of allylic oxidation sites excluding steroid dienone is 1. The molecule has 4 heteroatoms. The van der Waals surface area contributed by atoms with Gasteiger partial charge in [0.15, 0.2) is 18.8 Å². The van der Waals surface area contributed by atoms with Gasteiger partial charge in [0.25, 0.3) is 0 Å². The molecule has 132 valence electrons. The maximum Gasteiger partial charge on any atom is 0.182 e. The minimum Gasteiger partial charge on any atom is -0.504 e. The van der Waals surface area contributed by atoms with E-state index in [1.165, 1.54) is 37.7 Å². The van der Waals surface area contributed by atoms with Gasteiger partial charge in [-0.05, 0) is 48.8 Å². The van der Waals surface area contributed by atoms with Crippen molar-refractivity contribution in [1.29, 1.82) is 0 Å². The molecule has 0 saturated heterocycles. The lowest BCUT2D eigenvalue weighted by Crippen LogP contribution is -2.44. The molecule has 0 aliphatic carbocycles. The molecule has 25 heavy (non-hydrogen) atoms. The number of ether oxygens (including phenoxy) is 1. The van der Waals surface area contributed by atoms with Crippen LogP contribution in [0.25, 0.3) is 0 Å². The summed E-state index contributed by atoms with van der Waals surface area (Å²) in [6, 6.07) is 4.36. The van der Waals surface area contributed by atoms with Crippen LogP contribution in [0.1, 0.15) is 44.2 Å². The van der Waals surface area contributed by atoms with Gasteiger partial charge in [0.1, 0.15) is 0 Å². The number of benzene rings is 1. The summed E-state index contributed by atoms with van der Waals surface area (Å²) in [5, 5.41) is 10.1. The molecule has 0 spiro atoms. The average molecular weight is 337 g/mol. The van der Waals surface area contributed by atoms with E-state index >= 15 is 0 Å². The molecule has 3 nitrogen and oxygen atoms in total. The fraction of sp³-hybridized carbons (Fsp3) is 0.524. The molecule has 1 atom stereocenters. The number of methoxy groups -OCH3 is 1. The predicted molar refractivity (Wildman–Crippen MR) is 104 cm³/mol. The summed E-state index contributed by atoms with van der Waals surface area (Å²) in [6.07, 6.45) is 7.26. The third kappa shape index (κ3) is 3.01. The maximum absolute atomic E-state index is 10.1. The van der Waals surface area contributed by atoms with Gasteiger partial charge >= 0.3 is 0 Å². The lowest BCUT2D eigenvalue weighted by molar-refractivity contribution is 0.186. The number of nitrogens with zero attached hydrogens (tertiary/aromatic N) is 1. The number of aromatic hydroxyl groups is 1. The second-order valence-corrected chi connectivity index (χ2v) is 8.17. The van der Waals surface area contributed by atoms with Crippen molar-refractivity contribution in [1.82, 2.24) is 4.90 Å². The smallest absolute Gasteiger partial charge is 0.182 e. The van der Waals surface area contributed by atoms with Crippen molar-refractivity contribution in [2.24, 2.45) is 5.92 Å². The summed E-state index contributed by atoms with van der Waals surface area (Å²) in [5.74, 6) is 1.69. The SMILES string of the molecule is COc1c(O)ccc2c1CN1CCC3=C(C=C(CCC(C)C)B3)C1C2. The highest BCUT2D eigenvalue weighted by Gasteiger charge is 2.36. The van der Waals surface area contributed by atoms with Crippen molar-refractivity contribution in [3.63, 3.8) is 0 Å². The largest absolute Gasteiger partial charge is 0.504 e.